The Bertz CT molecular complexity index is 578. The normalized spacial score (nSPS) is 18.7. The monoisotopic (exact) mass is 345 g/mol. The van der Waals surface area contributed by atoms with Gasteiger partial charge in [0.05, 0.1) is 24.8 Å². The SMILES string of the molecule is CN(Cc1ccnc(N(C)C)n1)C(=O)C1CCCN1CC(F)(F)F. The molecule has 1 amide bonds. The standard InChI is InChI=1S/C15H22F3N5O/c1-21(2)14-19-7-6-11(20-14)9-22(3)13(24)12-5-4-8-23(12)10-15(16,17)18/h6-7,12H,4-5,8-10H2,1-3H3. The van der Waals surface area contributed by atoms with Crippen LogP contribution in [0.15, 0.2) is 12.3 Å². The molecule has 6 nitrogen and oxygen atoms in total. The van der Waals surface area contributed by atoms with Gasteiger partial charge in [-0.25, -0.2) is 9.97 Å². The van der Waals surface area contributed by atoms with Crippen molar-refractivity contribution < 1.29 is 18.0 Å². The zero-order valence-corrected chi connectivity index (χ0v) is 14.0. The minimum Gasteiger partial charge on any atom is -0.347 e. The van der Waals surface area contributed by atoms with Crippen LogP contribution >= 0.6 is 0 Å². The number of nitrogens with zero attached hydrogens (tertiary/aromatic N) is 5. The number of hydrogen-bond donors (Lipinski definition) is 0. The highest BCUT2D eigenvalue weighted by molar-refractivity contribution is 5.82. The first-order valence-electron chi connectivity index (χ1n) is 7.72. The summed E-state index contributed by atoms with van der Waals surface area (Å²) >= 11 is 0. The second-order valence-electron chi connectivity index (χ2n) is 6.18. The minimum atomic E-state index is -4.30. The van der Waals surface area contributed by atoms with Gasteiger partial charge in [0.15, 0.2) is 0 Å². The summed E-state index contributed by atoms with van der Waals surface area (Å²) in [5, 5.41) is 0. The molecule has 2 heterocycles. The largest absolute Gasteiger partial charge is 0.401 e. The van der Waals surface area contributed by atoms with Gasteiger partial charge in [-0.3, -0.25) is 9.69 Å². The van der Waals surface area contributed by atoms with Crippen LogP contribution in [-0.4, -0.2) is 72.1 Å². The van der Waals surface area contributed by atoms with E-state index >= 15 is 0 Å². The molecule has 2 rings (SSSR count). The maximum Gasteiger partial charge on any atom is 0.401 e. The molecular formula is C15H22F3N5O. The second kappa shape index (κ2) is 7.33. The van der Waals surface area contributed by atoms with Crippen molar-refractivity contribution in [3.63, 3.8) is 0 Å². The number of amides is 1. The van der Waals surface area contributed by atoms with Crippen molar-refractivity contribution in [1.82, 2.24) is 19.8 Å². The Morgan fingerprint density at radius 1 is 1.38 bits per heavy atom. The average Bonchev–Trinajstić information content (AvgIpc) is 2.92. The topological polar surface area (TPSA) is 52.6 Å². The Hall–Kier alpha value is -1.90. The van der Waals surface area contributed by atoms with E-state index in [2.05, 4.69) is 9.97 Å². The maximum atomic E-state index is 12.6. The van der Waals surface area contributed by atoms with Gasteiger partial charge in [0, 0.05) is 27.3 Å². The molecule has 1 unspecified atom stereocenters. The first-order valence-corrected chi connectivity index (χ1v) is 7.72. The van der Waals surface area contributed by atoms with E-state index in [1.807, 2.05) is 14.1 Å². The van der Waals surface area contributed by atoms with Crippen LogP contribution in [-0.2, 0) is 11.3 Å². The first-order chi connectivity index (χ1) is 11.2. The van der Waals surface area contributed by atoms with Crippen LogP contribution in [0.5, 0.6) is 0 Å². The summed E-state index contributed by atoms with van der Waals surface area (Å²) in [5.41, 5.74) is 0.643. The second-order valence-corrected chi connectivity index (χ2v) is 6.18. The molecule has 0 spiro atoms. The van der Waals surface area contributed by atoms with Crippen LogP contribution in [0, 0.1) is 0 Å². The lowest BCUT2D eigenvalue weighted by Gasteiger charge is -2.28. The quantitative estimate of drug-likeness (QED) is 0.810. The molecule has 1 saturated heterocycles. The smallest absolute Gasteiger partial charge is 0.347 e. The fourth-order valence-electron chi connectivity index (χ4n) is 2.79. The van der Waals surface area contributed by atoms with Crippen LogP contribution in [0.1, 0.15) is 18.5 Å². The molecule has 1 atom stereocenters. The summed E-state index contributed by atoms with van der Waals surface area (Å²) in [6.07, 6.45) is -1.65. The summed E-state index contributed by atoms with van der Waals surface area (Å²) in [5.74, 6) is 0.217. The van der Waals surface area contributed by atoms with Gasteiger partial charge in [0.2, 0.25) is 11.9 Å². The highest BCUT2D eigenvalue weighted by atomic mass is 19.4. The van der Waals surface area contributed by atoms with Gasteiger partial charge >= 0.3 is 6.18 Å². The molecule has 134 valence electrons. The first kappa shape index (κ1) is 18.4. The van der Waals surface area contributed by atoms with Crippen LogP contribution in [0.4, 0.5) is 19.1 Å². The number of halogens is 3. The molecule has 0 saturated carbocycles. The van der Waals surface area contributed by atoms with Gasteiger partial charge in [-0.1, -0.05) is 0 Å². The van der Waals surface area contributed by atoms with E-state index in [-0.39, 0.29) is 12.5 Å². The van der Waals surface area contributed by atoms with Crippen LogP contribution < -0.4 is 4.90 Å². The Balaban J connectivity index is 2.02. The van der Waals surface area contributed by atoms with Crippen LogP contribution in [0.3, 0.4) is 0 Å². The van der Waals surface area contributed by atoms with Crippen molar-refractivity contribution in [2.75, 3.05) is 39.1 Å². The molecule has 9 heteroatoms. The van der Waals surface area contributed by atoms with Gasteiger partial charge in [0.1, 0.15) is 0 Å². The average molecular weight is 345 g/mol. The number of alkyl halides is 3. The molecule has 0 bridgehead atoms. The fourth-order valence-corrected chi connectivity index (χ4v) is 2.79. The predicted octanol–water partition coefficient (Wildman–Crippen LogP) is 1.53. The minimum absolute atomic E-state index is 0.235. The Morgan fingerprint density at radius 2 is 2.08 bits per heavy atom. The molecule has 1 fully saturated rings. The van der Waals surface area contributed by atoms with Gasteiger partial charge in [0.25, 0.3) is 0 Å². The highest BCUT2D eigenvalue weighted by Crippen LogP contribution is 2.25. The number of aromatic nitrogens is 2. The zero-order valence-electron chi connectivity index (χ0n) is 14.0. The number of anilines is 1. The number of likely N-dealkylation sites (N-methyl/N-ethyl adjacent to an activating group) is 1. The number of rotatable bonds is 5. The molecular weight excluding hydrogens is 323 g/mol. The maximum absolute atomic E-state index is 12.6. The van der Waals surface area contributed by atoms with E-state index in [4.69, 9.17) is 0 Å². The number of hydrogen-bond acceptors (Lipinski definition) is 5. The highest BCUT2D eigenvalue weighted by Gasteiger charge is 2.39. The van der Waals surface area contributed by atoms with E-state index in [1.54, 1.807) is 24.2 Å². The number of carbonyl (C=O) groups excluding carboxylic acids is 1. The molecule has 1 aliphatic heterocycles. The molecule has 0 N–H and O–H groups in total. The van der Waals surface area contributed by atoms with Crippen molar-refractivity contribution in [1.29, 1.82) is 0 Å². The number of carbonyl (C=O) groups is 1. The lowest BCUT2D eigenvalue weighted by molar-refractivity contribution is -0.154. The number of likely N-dealkylation sites (tertiary alicyclic amines) is 1. The lowest BCUT2D eigenvalue weighted by atomic mass is 10.2. The predicted molar refractivity (Wildman–Crippen MR) is 83.5 cm³/mol. The Morgan fingerprint density at radius 3 is 2.71 bits per heavy atom. The molecule has 0 radical (unpaired) electrons. The molecule has 1 aromatic heterocycles. The molecule has 1 aromatic rings. The summed E-state index contributed by atoms with van der Waals surface area (Å²) in [6.45, 7) is -0.518. The van der Waals surface area contributed by atoms with Gasteiger partial charge in [-0.05, 0) is 25.5 Å². The van der Waals surface area contributed by atoms with Crippen molar-refractivity contribution in [2.45, 2.75) is 31.6 Å². The van der Waals surface area contributed by atoms with E-state index in [0.717, 1.165) is 0 Å². The van der Waals surface area contributed by atoms with Crippen molar-refractivity contribution >= 4 is 11.9 Å². The van der Waals surface area contributed by atoms with Crippen LogP contribution in [0.2, 0.25) is 0 Å². The van der Waals surface area contributed by atoms with Gasteiger partial charge < -0.3 is 9.80 Å². The fraction of sp³-hybridized carbons (Fsp3) is 0.667. The Labute approximate surface area is 139 Å². The zero-order chi connectivity index (χ0) is 17.9. The van der Waals surface area contributed by atoms with E-state index in [1.165, 1.54) is 9.80 Å². The third-order valence-electron chi connectivity index (χ3n) is 3.91. The Kier molecular flexibility index (Phi) is 5.63. The molecule has 0 aliphatic carbocycles. The van der Waals surface area contributed by atoms with Gasteiger partial charge in [-0.2, -0.15) is 13.2 Å². The van der Waals surface area contributed by atoms with E-state index in [0.29, 0.717) is 31.0 Å². The third kappa shape index (κ3) is 4.80. The molecule has 24 heavy (non-hydrogen) atoms. The molecule has 1 aliphatic rings. The van der Waals surface area contributed by atoms with E-state index in [9.17, 15) is 18.0 Å². The van der Waals surface area contributed by atoms with Crippen molar-refractivity contribution in [3.8, 4) is 0 Å². The van der Waals surface area contributed by atoms with Crippen LogP contribution in [0.25, 0.3) is 0 Å². The van der Waals surface area contributed by atoms with Gasteiger partial charge in [-0.15, -0.1) is 0 Å². The summed E-state index contributed by atoms with van der Waals surface area (Å²) < 4.78 is 37.9. The summed E-state index contributed by atoms with van der Waals surface area (Å²) in [6, 6.07) is 0.977. The van der Waals surface area contributed by atoms with E-state index < -0.39 is 18.8 Å². The lowest BCUT2D eigenvalue weighted by Crippen LogP contribution is -2.47. The summed E-state index contributed by atoms with van der Waals surface area (Å²) in [4.78, 5) is 25.3. The van der Waals surface area contributed by atoms with Crippen molar-refractivity contribution in [2.24, 2.45) is 0 Å². The summed E-state index contributed by atoms with van der Waals surface area (Å²) in [7, 11) is 5.20. The third-order valence-corrected chi connectivity index (χ3v) is 3.91. The molecule has 0 aromatic carbocycles. The van der Waals surface area contributed by atoms with Crippen molar-refractivity contribution in [3.05, 3.63) is 18.0 Å².